The summed E-state index contributed by atoms with van der Waals surface area (Å²) in [4.78, 5) is 6.85. The van der Waals surface area contributed by atoms with Crippen LogP contribution in [0.4, 0.5) is 5.82 Å². The summed E-state index contributed by atoms with van der Waals surface area (Å²) in [6, 6.07) is 6.24. The van der Waals surface area contributed by atoms with E-state index in [2.05, 4.69) is 42.0 Å². The van der Waals surface area contributed by atoms with E-state index in [1.165, 1.54) is 17.1 Å². The van der Waals surface area contributed by atoms with Crippen molar-refractivity contribution in [2.45, 2.75) is 39.3 Å². The highest BCUT2D eigenvalue weighted by Crippen LogP contribution is 2.29. The molecule has 1 fully saturated rings. The first kappa shape index (κ1) is 17.9. The van der Waals surface area contributed by atoms with Crippen molar-refractivity contribution in [1.82, 2.24) is 20.1 Å². The third kappa shape index (κ3) is 4.02. The summed E-state index contributed by atoms with van der Waals surface area (Å²) in [5.74, 6) is 1.61. The van der Waals surface area contributed by atoms with Gasteiger partial charge >= 0.3 is 0 Å². The Bertz CT molecular complexity index is 677. The van der Waals surface area contributed by atoms with Gasteiger partial charge in [-0.05, 0) is 25.0 Å². The van der Waals surface area contributed by atoms with E-state index >= 15 is 0 Å². The fraction of sp³-hybridized carbons (Fsp3) is 0.579. The number of anilines is 1. The Morgan fingerprint density at radius 3 is 2.60 bits per heavy atom. The molecule has 1 N–H and O–H groups in total. The van der Waals surface area contributed by atoms with Crippen molar-refractivity contribution in [3.05, 3.63) is 41.3 Å². The summed E-state index contributed by atoms with van der Waals surface area (Å²) in [6.45, 7) is 10.7. The van der Waals surface area contributed by atoms with Crippen LogP contribution in [0.2, 0.25) is 0 Å². The van der Waals surface area contributed by atoms with Crippen LogP contribution in [0.15, 0.2) is 24.4 Å². The largest absolute Gasteiger partial charge is 0.378 e. The standard InChI is InChI=1S/C19H29N5O/c1-14(2)18-16(13-21-15(3)17-7-5-6-8-20-17)19(23(4)22-18)24-9-11-25-12-10-24/h5-8,14-15,21H,9-13H2,1-4H3. The summed E-state index contributed by atoms with van der Waals surface area (Å²) in [6.07, 6.45) is 1.84. The average Bonchev–Trinajstić information content (AvgIpc) is 2.97. The number of nitrogens with one attached hydrogen (secondary N) is 1. The molecule has 25 heavy (non-hydrogen) atoms. The average molecular weight is 343 g/mol. The summed E-state index contributed by atoms with van der Waals surface area (Å²) in [5, 5.41) is 8.44. The molecule has 1 saturated heterocycles. The Morgan fingerprint density at radius 1 is 1.20 bits per heavy atom. The minimum absolute atomic E-state index is 0.193. The first-order valence-corrected chi connectivity index (χ1v) is 9.10. The van der Waals surface area contributed by atoms with Gasteiger partial charge in [-0.3, -0.25) is 9.67 Å². The molecule has 0 amide bonds. The van der Waals surface area contributed by atoms with Crippen molar-refractivity contribution in [2.75, 3.05) is 31.2 Å². The van der Waals surface area contributed by atoms with Gasteiger partial charge < -0.3 is 15.0 Å². The van der Waals surface area contributed by atoms with Crippen molar-refractivity contribution in [3.8, 4) is 0 Å². The van der Waals surface area contributed by atoms with Crippen LogP contribution in [0.3, 0.4) is 0 Å². The van der Waals surface area contributed by atoms with Gasteiger partial charge in [0.05, 0.1) is 24.6 Å². The van der Waals surface area contributed by atoms with E-state index in [1.54, 1.807) is 0 Å². The lowest BCUT2D eigenvalue weighted by Crippen LogP contribution is -2.38. The number of hydrogen-bond acceptors (Lipinski definition) is 5. The van der Waals surface area contributed by atoms with E-state index in [9.17, 15) is 0 Å². The zero-order valence-corrected chi connectivity index (χ0v) is 15.7. The fourth-order valence-corrected chi connectivity index (χ4v) is 3.38. The topological polar surface area (TPSA) is 55.2 Å². The van der Waals surface area contributed by atoms with Crippen LogP contribution < -0.4 is 10.2 Å². The molecule has 2 aromatic rings. The van der Waals surface area contributed by atoms with Gasteiger partial charge in [0.2, 0.25) is 0 Å². The molecule has 0 aliphatic carbocycles. The zero-order chi connectivity index (χ0) is 17.8. The van der Waals surface area contributed by atoms with Gasteiger partial charge in [-0.2, -0.15) is 5.10 Å². The van der Waals surface area contributed by atoms with Crippen LogP contribution >= 0.6 is 0 Å². The van der Waals surface area contributed by atoms with Crippen LogP contribution in [-0.4, -0.2) is 41.1 Å². The first-order chi connectivity index (χ1) is 12.1. The maximum atomic E-state index is 5.52. The Morgan fingerprint density at radius 2 is 1.96 bits per heavy atom. The van der Waals surface area contributed by atoms with Gasteiger partial charge in [0, 0.05) is 44.5 Å². The van der Waals surface area contributed by atoms with E-state index in [0.29, 0.717) is 5.92 Å². The van der Waals surface area contributed by atoms with E-state index in [4.69, 9.17) is 9.84 Å². The molecule has 3 heterocycles. The summed E-state index contributed by atoms with van der Waals surface area (Å²) in [5.41, 5.74) is 3.53. The lowest BCUT2D eigenvalue weighted by atomic mass is 10.0. The zero-order valence-electron chi connectivity index (χ0n) is 15.7. The SMILES string of the molecule is CC(C)c1nn(C)c(N2CCOCC2)c1CNC(C)c1ccccn1. The predicted octanol–water partition coefficient (Wildman–Crippen LogP) is 2.63. The number of nitrogens with zero attached hydrogens (tertiary/aromatic N) is 4. The highest BCUT2D eigenvalue weighted by Gasteiger charge is 2.24. The summed E-state index contributed by atoms with van der Waals surface area (Å²) < 4.78 is 7.55. The van der Waals surface area contributed by atoms with Crippen LogP contribution in [0.5, 0.6) is 0 Å². The summed E-state index contributed by atoms with van der Waals surface area (Å²) in [7, 11) is 2.04. The van der Waals surface area contributed by atoms with Gasteiger partial charge in [-0.1, -0.05) is 19.9 Å². The smallest absolute Gasteiger partial charge is 0.131 e. The quantitative estimate of drug-likeness (QED) is 0.874. The van der Waals surface area contributed by atoms with Crippen molar-refractivity contribution in [1.29, 1.82) is 0 Å². The first-order valence-electron chi connectivity index (χ1n) is 9.10. The van der Waals surface area contributed by atoms with Crippen LogP contribution in [0, 0.1) is 0 Å². The van der Waals surface area contributed by atoms with Crippen LogP contribution in [-0.2, 0) is 18.3 Å². The molecule has 0 saturated carbocycles. The van der Waals surface area contributed by atoms with Gasteiger partial charge in [0.15, 0.2) is 0 Å². The lowest BCUT2D eigenvalue weighted by Gasteiger charge is -2.30. The number of morpholine rings is 1. The van der Waals surface area contributed by atoms with Gasteiger partial charge in [-0.15, -0.1) is 0 Å². The van der Waals surface area contributed by atoms with Crippen molar-refractivity contribution in [2.24, 2.45) is 7.05 Å². The van der Waals surface area contributed by atoms with Crippen LogP contribution in [0.1, 0.15) is 49.7 Å². The van der Waals surface area contributed by atoms with Gasteiger partial charge in [0.25, 0.3) is 0 Å². The van der Waals surface area contributed by atoms with E-state index < -0.39 is 0 Å². The molecule has 136 valence electrons. The number of aromatic nitrogens is 3. The Balaban J connectivity index is 1.83. The van der Waals surface area contributed by atoms with Crippen LogP contribution in [0.25, 0.3) is 0 Å². The Hall–Kier alpha value is -1.92. The molecule has 0 spiro atoms. The summed E-state index contributed by atoms with van der Waals surface area (Å²) >= 11 is 0. The molecule has 0 radical (unpaired) electrons. The number of hydrogen-bond donors (Lipinski definition) is 1. The number of ether oxygens (including phenoxy) is 1. The maximum absolute atomic E-state index is 5.52. The predicted molar refractivity (Wildman–Crippen MR) is 99.8 cm³/mol. The molecule has 2 aromatic heterocycles. The number of rotatable bonds is 6. The molecule has 6 nitrogen and oxygen atoms in total. The molecule has 0 aromatic carbocycles. The minimum Gasteiger partial charge on any atom is -0.378 e. The second kappa shape index (κ2) is 7.97. The molecular formula is C19H29N5O. The molecule has 1 aliphatic rings. The molecule has 1 unspecified atom stereocenters. The van der Waals surface area contributed by atoms with Gasteiger partial charge in [-0.25, -0.2) is 0 Å². The monoisotopic (exact) mass is 343 g/mol. The second-order valence-corrected chi connectivity index (χ2v) is 6.92. The van der Waals surface area contributed by atoms with E-state index in [0.717, 1.165) is 38.5 Å². The molecule has 6 heteroatoms. The van der Waals surface area contributed by atoms with Crippen molar-refractivity contribution < 1.29 is 4.74 Å². The van der Waals surface area contributed by atoms with E-state index in [1.807, 2.05) is 30.1 Å². The molecule has 1 aliphatic heterocycles. The highest BCUT2D eigenvalue weighted by atomic mass is 16.5. The fourth-order valence-electron chi connectivity index (χ4n) is 3.38. The third-order valence-electron chi connectivity index (χ3n) is 4.72. The maximum Gasteiger partial charge on any atom is 0.131 e. The van der Waals surface area contributed by atoms with Crippen molar-refractivity contribution in [3.63, 3.8) is 0 Å². The molecular weight excluding hydrogens is 314 g/mol. The molecule has 1 atom stereocenters. The molecule has 0 bridgehead atoms. The second-order valence-electron chi connectivity index (χ2n) is 6.92. The minimum atomic E-state index is 0.193. The highest BCUT2D eigenvalue weighted by molar-refractivity contribution is 5.51. The van der Waals surface area contributed by atoms with E-state index in [-0.39, 0.29) is 6.04 Å². The lowest BCUT2D eigenvalue weighted by molar-refractivity contribution is 0.122. The Labute approximate surface area is 150 Å². The number of aryl methyl sites for hydroxylation is 1. The van der Waals surface area contributed by atoms with Gasteiger partial charge in [0.1, 0.15) is 5.82 Å². The third-order valence-corrected chi connectivity index (χ3v) is 4.72. The normalized spacial score (nSPS) is 16.4. The number of pyridine rings is 1. The Kier molecular flexibility index (Phi) is 5.71. The van der Waals surface area contributed by atoms with Crippen molar-refractivity contribution >= 4 is 5.82 Å². The molecule has 3 rings (SSSR count).